The summed E-state index contributed by atoms with van der Waals surface area (Å²) in [6.07, 6.45) is 5.54. The van der Waals surface area contributed by atoms with Crippen LogP contribution in [0.15, 0.2) is 5.38 Å². The summed E-state index contributed by atoms with van der Waals surface area (Å²) in [4.78, 5) is 15.5. The topological polar surface area (TPSA) is 42.0 Å². The number of carbonyl (C=O) groups excluding carboxylic acids is 1. The van der Waals surface area contributed by atoms with Crippen LogP contribution in [-0.2, 0) is 10.5 Å². The van der Waals surface area contributed by atoms with Crippen molar-refractivity contribution < 1.29 is 4.79 Å². The summed E-state index contributed by atoms with van der Waals surface area (Å²) in [7, 11) is 0. The van der Waals surface area contributed by atoms with Gasteiger partial charge in [0.1, 0.15) is 0 Å². The van der Waals surface area contributed by atoms with Crippen molar-refractivity contribution in [2.75, 3.05) is 12.3 Å². The molecule has 1 aromatic rings. The number of aryl methyl sites for hydroxylation is 1. The Hall–Kier alpha value is -0.990. The third-order valence-electron chi connectivity index (χ3n) is 1.78. The van der Waals surface area contributed by atoms with Gasteiger partial charge in [-0.15, -0.1) is 17.8 Å². The Balaban J connectivity index is 2.08. The molecule has 1 rings (SSSR count). The predicted molar refractivity (Wildman–Crippen MR) is 69.5 cm³/mol. The van der Waals surface area contributed by atoms with E-state index < -0.39 is 0 Å². The standard InChI is InChI=1S/C11H14N2OS2/c1-3-5-12-11(14)4-6-15-7-10-8-16-9(2)13-10/h1,8H,4-7H2,2H3,(H,12,14). The molecule has 0 aromatic carbocycles. The van der Waals surface area contributed by atoms with E-state index in [0.717, 1.165) is 22.2 Å². The van der Waals surface area contributed by atoms with Crippen molar-refractivity contribution in [3.8, 4) is 12.3 Å². The first-order chi connectivity index (χ1) is 7.72. The molecule has 0 saturated heterocycles. The Kier molecular flexibility index (Phi) is 5.98. The monoisotopic (exact) mass is 254 g/mol. The van der Waals surface area contributed by atoms with Gasteiger partial charge in [0.25, 0.3) is 0 Å². The number of terminal acetylenes is 1. The molecular formula is C11H14N2OS2. The smallest absolute Gasteiger partial charge is 0.221 e. The highest BCUT2D eigenvalue weighted by Gasteiger charge is 2.01. The van der Waals surface area contributed by atoms with Crippen LogP contribution in [0.3, 0.4) is 0 Å². The third kappa shape index (κ3) is 5.19. The van der Waals surface area contributed by atoms with Crippen molar-refractivity contribution in [3.05, 3.63) is 16.1 Å². The quantitative estimate of drug-likeness (QED) is 0.622. The maximum atomic E-state index is 11.2. The lowest BCUT2D eigenvalue weighted by molar-refractivity contribution is -0.120. The summed E-state index contributed by atoms with van der Waals surface area (Å²) < 4.78 is 0. The van der Waals surface area contributed by atoms with Crippen molar-refractivity contribution in [2.45, 2.75) is 19.1 Å². The Labute approximate surface area is 104 Å². The summed E-state index contributed by atoms with van der Waals surface area (Å²) in [6.45, 7) is 2.31. The summed E-state index contributed by atoms with van der Waals surface area (Å²) >= 11 is 3.37. The predicted octanol–water partition coefficient (Wildman–Crippen LogP) is 1.82. The van der Waals surface area contributed by atoms with E-state index in [2.05, 4.69) is 21.6 Å². The molecule has 5 heteroatoms. The fraction of sp³-hybridized carbons (Fsp3) is 0.455. The lowest BCUT2D eigenvalue weighted by atomic mass is 10.4. The molecule has 0 fully saturated rings. The first-order valence-electron chi connectivity index (χ1n) is 4.91. The van der Waals surface area contributed by atoms with Gasteiger partial charge in [0.2, 0.25) is 5.91 Å². The number of nitrogens with one attached hydrogen (secondary N) is 1. The van der Waals surface area contributed by atoms with E-state index >= 15 is 0 Å². The number of thiazole rings is 1. The molecule has 86 valence electrons. The van der Waals surface area contributed by atoms with Crippen LogP contribution in [0.4, 0.5) is 0 Å². The second-order valence-electron chi connectivity index (χ2n) is 3.14. The van der Waals surface area contributed by atoms with Crippen LogP contribution in [0.1, 0.15) is 17.1 Å². The molecule has 0 spiro atoms. The molecule has 0 saturated carbocycles. The van der Waals surface area contributed by atoms with Gasteiger partial charge in [-0.3, -0.25) is 4.79 Å². The van der Waals surface area contributed by atoms with Crippen LogP contribution < -0.4 is 5.32 Å². The molecule has 1 heterocycles. The van der Waals surface area contributed by atoms with Gasteiger partial charge in [-0.1, -0.05) is 5.92 Å². The summed E-state index contributed by atoms with van der Waals surface area (Å²) in [5.74, 6) is 4.05. The molecule has 3 nitrogen and oxygen atoms in total. The molecule has 1 aromatic heterocycles. The van der Waals surface area contributed by atoms with Gasteiger partial charge >= 0.3 is 0 Å². The second kappa shape index (κ2) is 7.31. The average Bonchev–Trinajstić information content (AvgIpc) is 2.67. The number of hydrogen-bond donors (Lipinski definition) is 1. The van der Waals surface area contributed by atoms with Crippen LogP contribution >= 0.6 is 23.1 Å². The first kappa shape index (κ1) is 13.1. The number of nitrogens with zero attached hydrogens (tertiary/aromatic N) is 1. The normalized spacial score (nSPS) is 9.75. The van der Waals surface area contributed by atoms with Crippen molar-refractivity contribution >= 4 is 29.0 Å². The van der Waals surface area contributed by atoms with Gasteiger partial charge in [0, 0.05) is 23.3 Å². The Morgan fingerprint density at radius 2 is 2.56 bits per heavy atom. The van der Waals surface area contributed by atoms with E-state index in [1.165, 1.54) is 0 Å². The third-order valence-corrected chi connectivity index (χ3v) is 3.59. The molecule has 0 radical (unpaired) electrons. The molecule has 1 amide bonds. The van der Waals surface area contributed by atoms with Gasteiger partial charge < -0.3 is 5.32 Å². The number of rotatable bonds is 6. The zero-order chi connectivity index (χ0) is 11.8. The average molecular weight is 254 g/mol. The van der Waals surface area contributed by atoms with Gasteiger partial charge in [0.15, 0.2) is 0 Å². The zero-order valence-electron chi connectivity index (χ0n) is 9.16. The molecule has 0 aliphatic carbocycles. The SMILES string of the molecule is C#CCNC(=O)CCSCc1csc(C)n1. The molecule has 0 bridgehead atoms. The van der Waals surface area contributed by atoms with Gasteiger partial charge in [-0.05, 0) is 6.92 Å². The lowest BCUT2D eigenvalue weighted by Gasteiger charge is -2.00. The maximum Gasteiger partial charge on any atom is 0.221 e. The molecule has 0 aliphatic heterocycles. The molecule has 16 heavy (non-hydrogen) atoms. The minimum absolute atomic E-state index is 0.0138. The largest absolute Gasteiger partial charge is 0.345 e. The highest BCUT2D eigenvalue weighted by atomic mass is 32.2. The zero-order valence-corrected chi connectivity index (χ0v) is 10.8. The van der Waals surface area contributed by atoms with E-state index in [1.54, 1.807) is 23.1 Å². The van der Waals surface area contributed by atoms with Crippen molar-refractivity contribution in [1.29, 1.82) is 0 Å². The lowest BCUT2D eigenvalue weighted by Crippen LogP contribution is -2.23. The summed E-state index contributed by atoms with van der Waals surface area (Å²) in [5, 5.41) is 5.77. The fourth-order valence-corrected chi connectivity index (χ4v) is 2.60. The number of thioether (sulfide) groups is 1. The van der Waals surface area contributed by atoms with Gasteiger partial charge in [0.05, 0.1) is 17.2 Å². The van der Waals surface area contributed by atoms with Crippen LogP contribution in [-0.4, -0.2) is 23.2 Å². The Morgan fingerprint density at radius 3 is 3.19 bits per heavy atom. The van der Waals surface area contributed by atoms with E-state index in [-0.39, 0.29) is 5.91 Å². The maximum absolute atomic E-state index is 11.2. The number of hydrogen-bond acceptors (Lipinski definition) is 4. The Morgan fingerprint density at radius 1 is 1.75 bits per heavy atom. The highest BCUT2D eigenvalue weighted by Crippen LogP contribution is 2.15. The van der Waals surface area contributed by atoms with E-state index in [4.69, 9.17) is 6.42 Å². The molecule has 0 unspecified atom stereocenters. The van der Waals surface area contributed by atoms with E-state index in [1.807, 2.05) is 6.92 Å². The second-order valence-corrected chi connectivity index (χ2v) is 5.31. The summed E-state index contributed by atoms with van der Waals surface area (Å²) in [5.41, 5.74) is 1.09. The summed E-state index contributed by atoms with van der Waals surface area (Å²) in [6, 6.07) is 0. The first-order valence-corrected chi connectivity index (χ1v) is 6.94. The number of aromatic nitrogens is 1. The minimum atomic E-state index is 0.0138. The van der Waals surface area contributed by atoms with Crippen molar-refractivity contribution in [3.63, 3.8) is 0 Å². The van der Waals surface area contributed by atoms with Crippen molar-refractivity contribution in [2.24, 2.45) is 0 Å². The fourth-order valence-electron chi connectivity index (χ4n) is 1.05. The Bertz CT molecular complexity index is 382. The van der Waals surface area contributed by atoms with E-state index in [9.17, 15) is 4.79 Å². The number of amides is 1. The molecular weight excluding hydrogens is 240 g/mol. The number of carbonyl (C=O) groups is 1. The molecule has 0 aliphatic rings. The molecule has 1 N–H and O–H groups in total. The van der Waals surface area contributed by atoms with Gasteiger partial charge in [-0.2, -0.15) is 11.8 Å². The van der Waals surface area contributed by atoms with Crippen LogP contribution in [0.25, 0.3) is 0 Å². The van der Waals surface area contributed by atoms with Crippen LogP contribution in [0, 0.1) is 19.3 Å². The van der Waals surface area contributed by atoms with Crippen LogP contribution in [0.2, 0.25) is 0 Å². The minimum Gasteiger partial charge on any atom is -0.345 e. The van der Waals surface area contributed by atoms with Crippen molar-refractivity contribution in [1.82, 2.24) is 10.3 Å². The van der Waals surface area contributed by atoms with Gasteiger partial charge in [-0.25, -0.2) is 4.98 Å². The molecule has 0 atom stereocenters. The highest BCUT2D eigenvalue weighted by molar-refractivity contribution is 7.98. The van der Waals surface area contributed by atoms with Crippen LogP contribution in [0.5, 0.6) is 0 Å². The van der Waals surface area contributed by atoms with E-state index in [0.29, 0.717) is 13.0 Å².